The van der Waals surface area contributed by atoms with Crippen LogP contribution in [0.15, 0.2) is 217 Å². The van der Waals surface area contributed by atoms with Crippen LogP contribution in [0, 0.1) is 0 Å². The molecule has 2 nitrogen and oxygen atoms in total. The molecule has 0 fully saturated rings. The Morgan fingerprint density at radius 3 is 1.90 bits per heavy atom. The second kappa shape index (κ2) is 13.6. The van der Waals surface area contributed by atoms with Gasteiger partial charge in [-0.2, -0.15) is 0 Å². The van der Waals surface area contributed by atoms with Crippen molar-refractivity contribution in [2.75, 3.05) is 4.90 Å². The van der Waals surface area contributed by atoms with Crippen molar-refractivity contribution in [3.63, 3.8) is 0 Å². The number of rotatable bonds is 6. The Morgan fingerprint density at radius 1 is 0.356 bits per heavy atom. The van der Waals surface area contributed by atoms with Crippen LogP contribution in [0.3, 0.4) is 0 Å². The molecule has 3 heteroatoms. The van der Waals surface area contributed by atoms with Crippen molar-refractivity contribution >= 4 is 92.1 Å². The third kappa shape index (κ3) is 5.47. The van der Waals surface area contributed by atoms with Gasteiger partial charge in [0, 0.05) is 42.2 Å². The fourth-order valence-electron chi connectivity index (χ4n) is 9.17. The molecule has 2 heterocycles. The first kappa shape index (κ1) is 33.7. The molecule has 12 rings (SSSR count). The zero-order valence-corrected chi connectivity index (χ0v) is 32.8. The summed E-state index contributed by atoms with van der Waals surface area (Å²) in [5.41, 5.74) is 11.9. The Hall–Kier alpha value is -7.46. The van der Waals surface area contributed by atoms with Crippen LogP contribution in [-0.2, 0) is 0 Å². The number of hydrogen-bond donors (Lipinski definition) is 0. The molecule has 0 aliphatic rings. The van der Waals surface area contributed by atoms with E-state index in [0.29, 0.717) is 0 Å². The van der Waals surface area contributed by atoms with Gasteiger partial charge in [-0.1, -0.05) is 164 Å². The van der Waals surface area contributed by atoms with Crippen molar-refractivity contribution < 1.29 is 4.42 Å². The van der Waals surface area contributed by atoms with Crippen molar-refractivity contribution in [1.82, 2.24) is 0 Å². The number of thiophene rings is 1. The Kier molecular flexibility index (Phi) is 7.75. The molecular formula is C56H35NOS. The van der Waals surface area contributed by atoms with Crippen LogP contribution in [0.25, 0.3) is 97.0 Å². The molecule has 0 atom stereocenters. The zero-order chi connectivity index (χ0) is 38.9. The summed E-state index contributed by atoms with van der Waals surface area (Å²) in [4.78, 5) is 2.44. The highest BCUT2D eigenvalue weighted by atomic mass is 32.1. The second-order valence-electron chi connectivity index (χ2n) is 15.2. The molecular weight excluding hydrogens is 735 g/mol. The number of hydrogen-bond acceptors (Lipinski definition) is 3. The SMILES string of the molecule is c1ccc(-c2ccc(-c3cccc(N(c4ccc5sc6ccccc6c5c4)c4cccc5c4oc4ccccc45)c3-c3ccc4ccccc4c3)c3ccccc23)cc1. The van der Waals surface area contributed by atoms with Gasteiger partial charge in [-0.25, -0.2) is 0 Å². The van der Waals surface area contributed by atoms with Crippen LogP contribution < -0.4 is 4.90 Å². The van der Waals surface area contributed by atoms with E-state index in [4.69, 9.17) is 4.42 Å². The minimum absolute atomic E-state index is 0.858. The summed E-state index contributed by atoms with van der Waals surface area (Å²) in [6, 6.07) is 77.1. The molecule has 0 radical (unpaired) electrons. The van der Waals surface area contributed by atoms with Crippen LogP contribution in [0.2, 0.25) is 0 Å². The van der Waals surface area contributed by atoms with Gasteiger partial charge in [0.05, 0.1) is 11.4 Å². The summed E-state index contributed by atoms with van der Waals surface area (Å²) in [5, 5.41) is 9.57. The number of anilines is 3. The lowest BCUT2D eigenvalue weighted by molar-refractivity contribution is 0.669. The average Bonchev–Trinajstić information content (AvgIpc) is 3.88. The molecule has 0 amide bonds. The average molecular weight is 770 g/mol. The first-order chi connectivity index (χ1) is 29.3. The lowest BCUT2D eigenvalue weighted by Crippen LogP contribution is -2.12. The van der Waals surface area contributed by atoms with Crippen molar-refractivity contribution in [3.05, 3.63) is 212 Å². The molecule has 0 bridgehead atoms. The van der Waals surface area contributed by atoms with Crippen molar-refractivity contribution in [2.24, 2.45) is 0 Å². The van der Waals surface area contributed by atoms with E-state index < -0.39 is 0 Å². The fraction of sp³-hybridized carbons (Fsp3) is 0. The maximum absolute atomic E-state index is 6.84. The summed E-state index contributed by atoms with van der Waals surface area (Å²) >= 11 is 1.84. The van der Waals surface area contributed by atoms with Gasteiger partial charge in [0.25, 0.3) is 0 Å². The zero-order valence-electron chi connectivity index (χ0n) is 32.0. The molecule has 0 aliphatic heterocycles. The van der Waals surface area contributed by atoms with E-state index in [9.17, 15) is 0 Å². The van der Waals surface area contributed by atoms with Gasteiger partial charge in [-0.05, 0) is 97.9 Å². The van der Waals surface area contributed by atoms with E-state index in [1.54, 1.807) is 0 Å². The molecule has 0 unspecified atom stereocenters. The minimum Gasteiger partial charge on any atom is -0.454 e. The van der Waals surface area contributed by atoms with Crippen LogP contribution in [0.1, 0.15) is 0 Å². The molecule has 0 N–H and O–H groups in total. The van der Waals surface area contributed by atoms with Gasteiger partial charge in [0.2, 0.25) is 0 Å². The normalized spacial score (nSPS) is 11.7. The van der Waals surface area contributed by atoms with E-state index in [1.165, 1.54) is 58.4 Å². The first-order valence-corrected chi connectivity index (χ1v) is 20.9. The summed E-state index contributed by atoms with van der Waals surface area (Å²) in [6.07, 6.45) is 0. The van der Waals surface area contributed by atoms with E-state index in [-0.39, 0.29) is 0 Å². The van der Waals surface area contributed by atoms with Gasteiger partial charge < -0.3 is 9.32 Å². The van der Waals surface area contributed by atoms with Gasteiger partial charge in [0.1, 0.15) is 5.58 Å². The van der Waals surface area contributed by atoms with Gasteiger partial charge in [-0.15, -0.1) is 11.3 Å². The molecule has 0 aliphatic carbocycles. The maximum Gasteiger partial charge on any atom is 0.159 e. The van der Waals surface area contributed by atoms with Gasteiger partial charge in [0.15, 0.2) is 5.58 Å². The second-order valence-corrected chi connectivity index (χ2v) is 16.3. The van der Waals surface area contributed by atoms with Gasteiger partial charge >= 0.3 is 0 Å². The largest absolute Gasteiger partial charge is 0.454 e. The van der Waals surface area contributed by atoms with Crippen LogP contribution in [0.5, 0.6) is 0 Å². The Bertz CT molecular complexity index is 3580. The number of fused-ring (bicyclic) bond motifs is 8. The molecule has 0 saturated heterocycles. The Balaban J connectivity index is 1.19. The van der Waals surface area contributed by atoms with E-state index in [1.807, 2.05) is 17.4 Å². The monoisotopic (exact) mass is 769 g/mol. The predicted octanol–water partition coefficient (Wildman–Crippen LogP) is 16.7. The summed E-state index contributed by atoms with van der Waals surface area (Å²) in [6.45, 7) is 0. The smallest absolute Gasteiger partial charge is 0.159 e. The molecule has 276 valence electrons. The van der Waals surface area contributed by atoms with Crippen molar-refractivity contribution in [1.29, 1.82) is 0 Å². The highest BCUT2D eigenvalue weighted by Crippen LogP contribution is 2.50. The number of nitrogens with zero attached hydrogens (tertiary/aromatic N) is 1. The lowest BCUT2D eigenvalue weighted by atomic mass is 9.87. The number of benzene rings is 10. The van der Waals surface area contributed by atoms with Crippen LogP contribution in [0.4, 0.5) is 17.1 Å². The molecule has 10 aromatic carbocycles. The van der Waals surface area contributed by atoms with E-state index in [2.05, 4.69) is 211 Å². The predicted molar refractivity (Wildman–Crippen MR) is 253 cm³/mol. The molecule has 59 heavy (non-hydrogen) atoms. The quantitative estimate of drug-likeness (QED) is 0.167. The van der Waals surface area contributed by atoms with Crippen LogP contribution >= 0.6 is 11.3 Å². The van der Waals surface area contributed by atoms with Gasteiger partial charge in [-0.3, -0.25) is 0 Å². The third-order valence-electron chi connectivity index (χ3n) is 11.9. The van der Waals surface area contributed by atoms with E-state index >= 15 is 0 Å². The van der Waals surface area contributed by atoms with Crippen LogP contribution in [-0.4, -0.2) is 0 Å². The number of furan rings is 1. The summed E-state index contributed by atoms with van der Waals surface area (Å²) in [5.74, 6) is 0. The molecule has 0 saturated carbocycles. The number of para-hydroxylation sites is 2. The first-order valence-electron chi connectivity index (χ1n) is 20.1. The Labute approximate surface area is 345 Å². The lowest BCUT2D eigenvalue weighted by Gasteiger charge is -2.29. The third-order valence-corrected chi connectivity index (χ3v) is 13.0. The summed E-state index contributed by atoms with van der Waals surface area (Å²) < 4.78 is 9.40. The fourth-order valence-corrected chi connectivity index (χ4v) is 10.3. The Morgan fingerprint density at radius 2 is 1.02 bits per heavy atom. The standard InChI is InChI=1S/C56H35NOS/c1-2-15-37(16-3-1)41-31-32-44(43-19-7-6-18-42(41)43)47-22-12-24-50(55(47)39-29-28-36-14-4-5-17-38(36)34-39)57(40-30-33-54-49(35-40)46-21-9-11-27-53(46)59-54)51-25-13-23-48-45-20-8-10-26-52(45)58-56(48)51/h1-35H. The highest BCUT2D eigenvalue weighted by molar-refractivity contribution is 7.25. The maximum atomic E-state index is 6.84. The van der Waals surface area contributed by atoms with Crippen molar-refractivity contribution in [3.8, 4) is 33.4 Å². The van der Waals surface area contributed by atoms with E-state index in [0.717, 1.165) is 55.7 Å². The minimum atomic E-state index is 0.858. The topological polar surface area (TPSA) is 16.4 Å². The molecule has 0 spiro atoms. The highest BCUT2D eigenvalue weighted by Gasteiger charge is 2.25. The molecule has 12 aromatic rings. The van der Waals surface area contributed by atoms with Crippen molar-refractivity contribution in [2.45, 2.75) is 0 Å². The summed E-state index contributed by atoms with van der Waals surface area (Å²) in [7, 11) is 0. The molecule has 2 aromatic heterocycles.